The number of β-amino-alcohol motifs (C(OH)–C–C–N with tert-alkyl or cyclic N) is 1. The van der Waals surface area contributed by atoms with Crippen LogP contribution in [0, 0.1) is 11.8 Å². The third kappa shape index (κ3) is 12.6. The average Bonchev–Trinajstić information content (AvgIpc) is 3.15. The van der Waals surface area contributed by atoms with E-state index in [0.717, 1.165) is 22.8 Å². The van der Waals surface area contributed by atoms with Crippen molar-refractivity contribution >= 4 is 35.2 Å². The summed E-state index contributed by atoms with van der Waals surface area (Å²) in [5.41, 5.74) is 1.87. The fraction of sp³-hybridized carbons (Fsp3) is 0.667. The summed E-state index contributed by atoms with van der Waals surface area (Å²) in [4.78, 5) is 47.2. The lowest BCUT2D eigenvalue weighted by Gasteiger charge is -2.47. The summed E-state index contributed by atoms with van der Waals surface area (Å²) in [7, 11) is 6.77. The van der Waals surface area contributed by atoms with Gasteiger partial charge in [0.05, 0.1) is 42.4 Å². The van der Waals surface area contributed by atoms with E-state index in [1.165, 1.54) is 7.11 Å². The maximum Gasteiger partial charge on any atom is 0.309 e. The molecule has 3 unspecified atom stereocenters. The van der Waals surface area contributed by atoms with Crippen LogP contribution in [-0.4, -0.2) is 151 Å². The molecule has 2 fully saturated rings. The number of esters is 2. The van der Waals surface area contributed by atoms with Crippen molar-refractivity contribution in [3.63, 3.8) is 0 Å². The average molecular weight is 786 g/mol. The lowest BCUT2D eigenvalue weighted by atomic mass is 9.82. The highest BCUT2D eigenvalue weighted by molar-refractivity contribution is 5.81. The second kappa shape index (κ2) is 22.0. The van der Waals surface area contributed by atoms with Crippen LogP contribution in [0.4, 0.5) is 0 Å². The van der Waals surface area contributed by atoms with Crippen molar-refractivity contribution in [2.24, 2.45) is 11.8 Å². The van der Waals surface area contributed by atoms with E-state index in [0.29, 0.717) is 32.4 Å². The molecule has 2 aliphatic heterocycles. The molecule has 1 aromatic carbocycles. The molecule has 1 aromatic heterocycles. The summed E-state index contributed by atoms with van der Waals surface area (Å²) < 4.78 is 30.7. The van der Waals surface area contributed by atoms with Gasteiger partial charge in [-0.05, 0) is 89.5 Å². The Kier molecular flexibility index (Phi) is 17.8. The Labute approximate surface area is 331 Å². The third-order valence-electron chi connectivity index (χ3n) is 11.0. The maximum absolute atomic E-state index is 13.9. The van der Waals surface area contributed by atoms with Gasteiger partial charge in [-0.15, -0.1) is 0 Å². The van der Waals surface area contributed by atoms with Gasteiger partial charge in [-0.2, -0.15) is 0 Å². The third-order valence-corrected chi connectivity index (χ3v) is 11.0. The minimum atomic E-state index is -1.33. The molecule has 3 heterocycles. The fourth-order valence-electron chi connectivity index (χ4n) is 7.80. The molecule has 0 bridgehead atoms. The zero-order valence-corrected chi connectivity index (χ0v) is 33.9. The van der Waals surface area contributed by atoms with Gasteiger partial charge in [0.25, 0.3) is 0 Å². The van der Waals surface area contributed by atoms with Crippen molar-refractivity contribution in [2.45, 2.75) is 127 Å². The number of rotatable bonds is 11. The number of ether oxygens (including phenoxy) is 5. The van der Waals surface area contributed by atoms with Gasteiger partial charge >= 0.3 is 11.9 Å². The van der Waals surface area contributed by atoms with Crippen LogP contribution in [0.15, 0.2) is 42.6 Å². The van der Waals surface area contributed by atoms with Crippen LogP contribution in [0.3, 0.4) is 0 Å². The van der Waals surface area contributed by atoms with Gasteiger partial charge in [-0.3, -0.25) is 14.6 Å². The standard InChI is InChI=1S/C42H63N3O11/c1-8-35(48)55-34-24-36(49)54-31(14-9-12-28-16-17-32-29(23-28)13-10-19-43-32)15-11-20-45(6)25-33(47)26(2)22-30(18-21-46)40(41(34)52-7)56-42-39(51)37(44(4)5)38(50)27(3)53-42/h9-10,12-13,16-17,19,21,23,26-27,30-31,33-34,37-42,47,50-51H,8,11,14-15,18,20,22,24-25H2,1-7H3/b12-9+/t26-,27?,30+,31+,33+,34-,37?,38+,39?,40+,41+,42+/m1/s1. The molecule has 0 saturated carbocycles. The molecule has 0 amide bonds. The number of pyridine rings is 1. The zero-order valence-electron chi connectivity index (χ0n) is 33.9. The van der Waals surface area contributed by atoms with Gasteiger partial charge in [0, 0.05) is 44.5 Å². The molecule has 12 atom stereocenters. The van der Waals surface area contributed by atoms with E-state index < -0.39 is 79.0 Å². The summed E-state index contributed by atoms with van der Waals surface area (Å²) in [6.45, 7) is 6.19. The van der Waals surface area contributed by atoms with Crippen LogP contribution in [0.25, 0.3) is 17.0 Å². The molecule has 2 aliphatic rings. The van der Waals surface area contributed by atoms with E-state index in [1.54, 1.807) is 39.0 Å². The normalized spacial score (nSPS) is 33.4. The summed E-state index contributed by atoms with van der Waals surface area (Å²) >= 11 is 0. The molecule has 3 N–H and O–H groups in total. The minimum Gasteiger partial charge on any atom is -0.462 e. The highest BCUT2D eigenvalue weighted by Gasteiger charge is 2.48. The number of hydrogen-bond acceptors (Lipinski definition) is 14. The number of aliphatic hydroxyl groups excluding tert-OH is 3. The highest BCUT2D eigenvalue weighted by atomic mass is 16.7. The second-order valence-corrected chi connectivity index (χ2v) is 15.6. The van der Waals surface area contributed by atoms with Gasteiger partial charge < -0.3 is 53.6 Å². The molecule has 4 rings (SSSR count). The summed E-state index contributed by atoms with van der Waals surface area (Å²) in [6.07, 6.45) is -1.10. The molecule has 2 saturated heterocycles. The number of hydrogen-bond donors (Lipinski definition) is 3. The van der Waals surface area contributed by atoms with Crippen LogP contribution >= 0.6 is 0 Å². The molecule has 312 valence electrons. The molecule has 0 spiro atoms. The van der Waals surface area contributed by atoms with Crippen LogP contribution in [0.5, 0.6) is 0 Å². The summed E-state index contributed by atoms with van der Waals surface area (Å²) in [5, 5.41) is 34.8. The first kappa shape index (κ1) is 45.4. The van der Waals surface area contributed by atoms with Crippen molar-refractivity contribution in [3.05, 3.63) is 48.2 Å². The van der Waals surface area contributed by atoms with Crippen LogP contribution < -0.4 is 0 Å². The van der Waals surface area contributed by atoms with Gasteiger partial charge in [0.15, 0.2) is 6.29 Å². The molecule has 14 nitrogen and oxygen atoms in total. The highest BCUT2D eigenvalue weighted by Crippen LogP contribution is 2.34. The zero-order chi connectivity index (χ0) is 40.9. The Morgan fingerprint density at radius 1 is 1.11 bits per heavy atom. The topological polar surface area (TPSA) is 177 Å². The quantitative estimate of drug-likeness (QED) is 0.223. The monoisotopic (exact) mass is 785 g/mol. The number of fused-ring (bicyclic) bond motifs is 1. The molecule has 56 heavy (non-hydrogen) atoms. The Balaban J connectivity index is 1.69. The number of aldehydes is 1. The first-order valence-corrected chi connectivity index (χ1v) is 19.8. The molecule has 2 aromatic rings. The molecule has 0 radical (unpaired) electrons. The fourth-order valence-corrected chi connectivity index (χ4v) is 7.80. The van der Waals surface area contributed by atoms with E-state index in [-0.39, 0.29) is 31.6 Å². The number of benzene rings is 1. The van der Waals surface area contributed by atoms with E-state index in [9.17, 15) is 29.7 Å². The van der Waals surface area contributed by atoms with Gasteiger partial charge in [-0.1, -0.05) is 38.1 Å². The van der Waals surface area contributed by atoms with Crippen LogP contribution in [0.1, 0.15) is 71.3 Å². The molecular formula is C42H63N3O11. The number of carbonyl (C=O) groups is 3. The number of aromatic nitrogens is 1. The predicted octanol–water partition coefficient (Wildman–Crippen LogP) is 3.38. The number of nitrogens with zero attached hydrogens (tertiary/aromatic N) is 3. The Hall–Kier alpha value is -3.34. The number of cyclic esters (lactones) is 1. The molecule has 14 heteroatoms. The number of methoxy groups -OCH3 is 1. The SMILES string of the molecule is CCC(=O)O[C@@H]1CC(=O)O[C@@H](C/C=C/c2ccc3ncccc3c2)CCCN(C)C[C@H](O)[C@H](C)C[C@H](CC=O)[C@H](O[C@@H]2OC(C)[C@H](O)C(N(C)C)C2O)[C@H]1OC. The summed E-state index contributed by atoms with van der Waals surface area (Å²) in [5.74, 6) is -2.15. The number of likely N-dealkylation sites (N-methyl/N-ethyl adjacent to an activating group) is 2. The van der Waals surface area contributed by atoms with Gasteiger partial charge in [0.2, 0.25) is 0 Å². The van der Waals surface area contributed by atoms with Gasteiger partial charge in [0.1, 0.15) is 30.7 Å². The van der Waals surface area contributed by atoms with Crippen LogP contribution in [-0.2, 0) is 38.1 Å². The van der Waals surface area contributed by atoms with Crippen molar-refractivity contribution < 1.29 is 53.4 Å². The van der Waals surface area contributed by atoms with E-state index in [2.05, 4.69) is 4.98 Å². The molecular weight excluding hydrogens is 722 g/mol. The first-order chi connectivity index (χ1) is 26.8. The lowest BCUT2D eigenvalue weighted by molar-refractivity contribution is -0.310. The predicted molar refractivity (Wildman–Crippen MR) is 210 cm³/mol. The second-order valence-electron chi connectivity index (χ2n) is 15.6. The van der Waals surface area contributed by atoms with E-state index >= 15 is 0 Å². The smallest absolute Gasteiger partial charge is 0.309 e. The van der Waals surface area contributed by atoms with Crippen LogP contribution in [0.2, 0.25) is 0 Å². The van der Waals surface area contributed by atoms with Gasteiger partial charge in [-0.25, -0.2) is 0 Å². The largest absolute Gasteiger partial charge is 0.462 e. The summed E-state index contributed by atoms with van der Waals surface area (Å²) in [6, 6.07) is 9.11. The number of aliphatic hydroxyl groups is 3. The van der Waals surface area contributed by atoms with E-state index in [1.807, 2.05) is 61.4 Å². The van der Waals surface area contributed by atoms with Crippen molar-refractivity contribution in [1.29, 1.82) is 0 Å². The maximum atomic E-state index is 13.9. The van der Waals surface area contributed by atoms with Crippen molar-refractivity contribution in [3.8, 4) is 0 Å². The first-order valence-electron chi connectivity index (χ1n) is 19.8. The molecule has 0 aliphatic carbocycles. The lowest BCUT2D eigenvalue weighted by Crippen LogP contribution is -2.63. The number of carbonyl (C=O) groups excluding carboxylic acids is 3. The van der Waals surface area contributed by atoms with E-state index in [4.69, 9.17) is 23.7 Å². The minimum absolute atomic E-state index is 0.0185. The van der Waals surface area contributed by atoms with Crippen molar-refractivity contribution in [1.82, 2.24) is 14.8 Å². The Bertz CT molecular complexity index is 1580. The Morgan fingerprint density at radius 2 is 1.88 bits per heavy atom. The Morgan fingerprint density at radius 3 is 2.57 bits per heavy atom. The van der Waals surface area contributed by atoms with Crippen molar-refractivity contribution in [2.75, 3.05) is 41.3 Å².